The second-order valence-corrected chi connectivity index (χ2v) is 4.63. The van der Waals surface area contributed by atoms with Crippen molar-refractivity contribution in [3.8, 4) is 0 Å². The Morgan fingerprint density at radius 2 is 1.69 bits per heavy atom. The molecule has 16 heavy (non-hydrogen) atoms. The summed E-state index contributed by atoms with van der Waals surface area (Å²) in [5, 5.41) is 0. The second-order valence-electron chi connectivity index (χ2n) is 4.32. The summed E-state index contributed by atoms with van der Waals surface area (Å²) in [6.07, 6.45) is 3.47. The Labute approximate surface area is 103 Å². The lowest BCUT2D eigenvalue weighted by Gasteiger charge is -2.20. The molecule has 1 aromatic carbocycles. The van der Waals surface area contributed by atoms with Crippen molar-refractivity contribution in [2.24, 2.45) is 5.92 Å². The average molecular weight is 243 g/mol. The third kappa shape index (κ3) is 3.79. The normalized spacial score (nSPS) is 13.1. The Morgan fingerprint density at radius 1 is 1.12 bits per heavy atom. The Bertz CT molecular complexity index is 290. The standard InChI is InChI=1S/C14H20ClF/c1-3-11(4-2)9-13(10-15)12-5-7-14(16)8-6-12/h5-8,11,13H,3-4,9-10H2,1-2H3. The number of hydrogen-bond donors (Lipinski definition) is 0. The zero-order chi connectivity index (χ0) is 12.0. The van der Waals surface area contributed by atoms with Crippen LogP contribution in [0, 0.1) is 11.7 Å². The van der Waals surface area contributed by atoms with Gasteiger partial charge in [0.25, 0.3) is 0 Å². The quantitative estimate of drug-likeness (QED) is 0.618. The van der Waals surface area contributed by atoms with Gasteiger partial charge in [-0.3, -0.25) is 0 Å². The van der Waals surface area contributed by atoms with E-state index in [0.29, 0.717) is 17.7 Å². The van der Waals surface area contributed by atoms with Crippen molar-refractivity contribution in [1.82, 2.24) is 0 Å². The van der Waals surface area contributed by atoms with Crippen LogP contribution in [0.1, 0.15) is 44.6 Å². The van der Waals surface area contributed by atoms with Gasteiger partial charge in [-0.05, 0) is 36.0 Å². The van der Waals surface area contributed by atoms with E-state index in [1.165, 1.54) is 25.0 Å². The largest absolute Gasteiger partial charge is 0.207 e. The molecule has 0 aromatic heterocycles. The zero-order valence-electron chi connectivity index (χ0n) is 10.0. The summed E-state index contributed by atoms with van der Waals surface area (Å²) >= 11 is 6.01. The summed E-state index contributed by atoms with van der Waals surface area (Å²) in [7, 11) is 0. The highest BCUT2D eigenvalue weighted by Crippen LogP contribution is 2.28. The molecular formula is C14H20ClF. The predicted octanol–water partition coefficient (Wildman–Crippen LogP) is 4.97. The van der Waals surface area contributed by atoms with Gasteiger partial charge in [0.2, 0.25) is 0 Å². The lowest BCUT2D eigenvalue weighted by Crippen LogP contribution is -2.08. The third-order valence-electron chi connectivity index (χ3n) is 3.30. The molecule has 0 heterocycles. The average Bonchev–Trinajstić information content (AvgIpc) is 2.32. The smallest absolute Gasteiger partial charge is 0.123 e. The van der Waals surface area contributed by atoms with Gasteiger partial charge < -0.3 is 0 Å². The molecule has 1 unspecified atom stereocenters. The summed E-state index contributed by atoms with van der Waals surface area (Å²) < 4.78 is 12.8. The molecule has 90 valence electrons. The van der Waals surface area contributed by atoms with Crippen molar-refractivity contribution >= 4 is 11.6 Å². The van der Waals surface area contributed by atoms with E-state index in [1.54, 1.807) is 0 Å². The number of alkyl halides is 1. The van der Waals surface area contributed by atoms with Crippen LogP contribution >= 0.6 is 11.6 Å². The monoisotopic (exact) mass is 242 g/mol. The molecule has 1 rings (SSSR count). The van der Waals surface area contributed by atoms with Gasteiger partial charge >= 0.3 is 0 Å². The molecule has 0 aliphatic rings. The molecule has 1 atom stereocenters. The highest BCUT2D eigenvalue weighted by molar-refractivity contribution is 6.18. The minimum absolute atomic E-state index is 0.181. The van der Waals surface area contributed by atoms with Crippen LogP contribution in [0.15, 0.2) is 24.3 Å². The van der Waals surface area contributed by atoms with E-state index in [9.17, 15) is 4.39 Å². The van der Waals surface area contributed by atoms with Crippen molar-refractivity contribution in [3.63, 3.8) is 0 Å². The topological polar surface area (TPSA) is 0 Å². The molecule has 0 aliphatic heterocycles. The molecule has 0 saturated carbocycles. The first-order valence-electron chi connectivity index (χ1n) is 6.02. The van der Waals surface area contributed by atoms with E-state index in [4.69, 9.17) is 11.6 Å². The van der Waals surface area contributed by atoms with Crippen LogP contribution in [0.4, 0.5) is 4.39 Å². The summed E-state index contributed by atoms with van der Waals surface area (Å²) in [6.45, 7) is 4.42. The van der Waals surface area contributed by atoms with Crippen molar-refractivity contribution in [2.45, 2.75) is 39.0 Å². The van der Waals surface area contributed by atoms with Crippen LogP contribution in [0.5, 0.6) is 0 Å². The molecule has 0 amide bonds. The van der Waals surface area contributed by atoms with Crippen molar-refractivity contribution in [3.05, 3.63) is 35.6 Å². The molecule has 2 heteroatoms. The van der Waals surface area contributed by atoms with Gasteiger partial charge in [-0.1, -0.05) is 38.8 Å². The fraction of sp³-hybridized carbons (Fsp3) is 0.571. The van der Waals surface area contributed by atoms with E-state index in [2.05, 4.69) is 13.8 Å². The first kappa shape index (κ1) is 13.5. The maximum atomic E-state index is 12.8. The Hall–Kier alpha value is -0.560. The number of rotatable bonds is 6. The third-order valence-corrected chi connectivity index (χ3v) is 3.67. The molecule has 0 radical (unpaired) electrons. The Kier molecular flexibility index (Phi) is 5.83. The van der Waals surface area contributed by atoms with Gasteiger partial charge in [0.1, 0.15) is 5.82 Å². The number of benzene rings is 1. The highest BCUT2D eigenvalue weighted by atomic mass is 35.5. The lowest BCUT2D eigenvalue weighted by molar-refractivity contribution is 0.423. The summed E-state index contributed by atoms with van der Waals surface area (Å²) in [4.78, 5) is 0. The molecule has 0 aliphatic carbocycles. The Balaban J connectivity index is 2.70. The molecular weight excluding hydrogens is 223 g/mol. The van der Waals surface area contributed by atoms with Gasteiger partial charge in [0.05, 0.1) is 0 Å². The predicted molar refractivity (Wildman–Crippen MR) is 68.6 cm³/mol. The van der Waals surface area contributed by atoms with Crippen molar-refractivity contribution in [1.29, 1.82) is 0 Å². The molecule has 0 saturated heterocycles. The van der Waals surface area contributed by atoms with Crippen LogP contribution in [-0.2, 0) is 0 Å². The van der Waals surface area contributed by atoms with E-state index in [-0.39, 0.29) is 5.82 Å². The summed E-state index contributed by atoms with van der Waals surface area (Å²) in [5.74, 6) is 1.50. The summed E-state index contributed by atoms with van der Waals surface area (Å²) in [6, 6.07) is 6.74. The molecule has 0 N–H and O–H groups in total. The first-order valence-corrected chi connectivity index (χ1v) is 6.56. The maximum Gasteiger partial charge on any atom is 0.123 e. The fourth-order valence-corrected chi connectivity index (χ4v) is 2.35. The van der Waals surface area contributed by atoms with Gasteiger partial charge in [-0.25, -0.2) is 4.39 Å². The van der Waals surface area contributed by atoms with Crippen LogP contribution in [-0.4, -0.2) is 5.88 Å². The zero-order valence-corrected chi connectivity index (χ0v) is 10.8. The first-order chi connectivity index (χ1) is 7.71. The molecule has 1 aromatic rings. The van der Waals surface area contributed by atoms with Crippen molar-refractivity contribution < 1.29 is 4.39 Å². The van der Waals surface area contributed by atoms with Crippen LogP contribution in [0.25, 0.3) is 0 Å². The molecule has 0 spiro atoms. The molecule has 0 bridgehead atoms. The SMILES string of the molecule is CCC(CC)CC(CCl)c1ccc(F)cc1. The lowest BCUT2D eigenvalue weighted by atomic mass is 9.87. The number of hydrogen-bond acceptors (Lipinski definition) is 0. The Morgan fingerprint density at radius 3 is 2.12 bits per heavy atom. The van der Waals surface area contributed by atoms with E-state index >= 15 is 0 Å². The second kappa shape index (κ2) is 6.90. The molecule has 0 fully saturated rings. The van der Waals surface area contributed by atoms with E-state index < -0.39 is 0 Å². The fourth-order valence-electron chi connectivity index (χ4n) is 2.05. The minimum Gasteiger partial charge on any atom is -0.207 e. The maximum absolute atomic E-state index is 12.8. The van der Waals surface area contributed by atoms with Crippen LogP contribution in [0.3, 0.4) is 0 Å². The van der Waals surface area contributed by atoms with E-state index in [1.807, 2.05) is 12.1 Å². The van der Waals surface area contributed by atoms with Crippen LogP contribution in [0.2, 0.25) is 0 Å². The van der Waals surface area contributed by atoms with Gasteiger partial charge in [0.15, 0.2) is 0 Å². The van der Waals surface area contributed by atoms with Crippen LogP contribution < -0.4 is 0 Å². The minimum atomic E-state index is -0.181. The van der Waals surface area contributed by atoms with E-state index in [0.717, 1.165) is 12.0 Å². The molecule has 0 nitrogen and oxygen atoms in total. The van der Waals surface area contributed by atoms with Gasteiger partial charge in [-0.15, -0.1) is 11.6 Å². The van der Waals surface area contributed by atoms with Gasteiger partial charge in [-0.2, -0.15) is 0 Å². The van der Waals surface area contributed by atoms with Gasteiger partial charge in [0, 0.05) is 5.88 Å². The summed E-state index contributed by atoms with van der Waals surface area (Å²) in [5.41, 5.74) is 1.16. The highest BCUT2D eigenvalue weighted by Gasteiger charge is 2.15. The van der Waals surface area contributed by atoms with Crippen molar-refractivity contribution in [2.75, 3.05) is 5.88 Å². The number of halogens is 2.